The molecule has 2 rings (SSSR count). The lowest BCUT2D eigenvalue weighted by Crippen LogP contribution is -2.03. The van der Waals surface area contributed by atoms with Gasteiger partial charge in [-0.3, -0.25) is 4.79 Å². The fraction of sp³-hybridized carbons (Fsp3) is 0. The second-order valence-electron chi connectivity index (χ2n) is 3.59. The second-order valence-corrected chi connectivity index (χ2v) is 5.91. The van der Waals surface area contributed by atoms with E-state index < -0.39 is 0 Å². The number of hydrogen-bond donors (Lipinski definition) is 0. The minimum Gasteiger partial charge on any atom is -0.289 e. The quantitative estimate of drug-likeness (QED) is 0.470. The molecule has 0 bridgehead atoms. The van der Waals surface area contributed by atoms with E-state index in [9.17, 15) is 13.6 Å². The summed E-state index contributed by atoms with van der Waals surface area (Å²) in [5.41, 5.74) is 0.784. The van der Waals surface area contributed by atoms with Crippen molar-refractivity contribution < 1.29 is 13.6 Å². The molecule has 0 aliphatic heterocycles. The molecule has 18 heavy (non-hydrogen) atoms. The third-order valence-electron chi connectivity index (χ3n) is 2.36. The molecule has 0 saturated carbocycles. The van der Waals surface area contributed by atoms with Crippen molar-refractivity contribution in [2.45, 2.75) is 0 Å². The topological polar surface area (TPSA) is 17.1 Å². The van der Waals surface area contributed by atoms with Crippen LogP contribution in [0, 0.1) is 18.8 Å². The molecule has 0 fully saturated rings. The second kappa shape index (κ2) is 5.60. The first-order valence-corrected chi connectivity index (χ1v) is 7.09. The molecule has 0 radical (unpaired) electrons. The van der Waals surface area contributed by atoms with Gasteiger partial charge in [0.2, 0.25) is 0 Å². The van der Waals surface area contributed by atoms with Crippen LogP contribution >= 0.6 is 45.2 Å². The summed E-state index contributed by atoms with van der Waals surface area (Å²) < 4.78 is 27.0. The number of hydrogen-bond acceptors (Lipinski definition) is 1. The maximum Gasteiger partial charge on any atom is 0.193 e. The van der Waals surface area contributed by atoms with Crippen LogP contribution in [0.1, 0.15) is 15.9 Å². The third kappa shape index (κ3) is 2.87. The van der Waals surface area contributed by atoms with Gasteiger partial charge in [-0.05, 0) is 81.6 Å². The molecule has 0 aromatic heterocycles. The Labute approximate surface area is 130 Å². The van der Waals surface area contributed by atoms with Crippen LogP contribution in [0.15, 0.2) is 36.4 Å². The number of rotatable bonds is 2. The van der Waals surface area contributed by atoms with Crippen LogP contribution in [0.5, 0.6) is 0 Å². The van der Waals surface area contributed by atoms with Gasteiger partial charge in [-0.15, -0.1) is 0 Å². The van der Waals surface area contributed by atoms with Gasteiger partial charge in [-0.1, -0.05) is 0 Å². The number of halogens is 4. The van der Waals surface area contributed by atoms with Gasteiger partial charge in [0.1, 0.15) is 11.6 Å². The normalized spacial score (nSPS) is 10.4. The summed E-state index contributed by atoms with van der Waals surface area (Å²) >= 11 is 3.65. The van der Waals surface area contributed by atoms with Crippen molar-refractivity contribution in [3.63, 3.8) is 0 Å². The standard InChI is InChI=1S/C13H6F2I2O/c14-9-3-1-7(5-11(9)16)13(18)8-2-4-10(15)12(17)6-8/h1-6H. The van der Waals surface area contributed by atoms with Crippen LogP contribution in [0.2, 0.25) is 0 Å². The Bertz CT molecular complexity index is 573. The summed E-state index contributed by atoms with van der Waals surface area (Å²) in [6.45, 7) is 0. The number of carbonyl (C=O) groups excluding carboxylic acids is 1. The Hall–Kier alpha value is -0.570. The molecular weight excluding hydrogens is 464 g/mol. The Kier molecular flexibility index (Phi) is 4.31. The highest BCUT2D eigenvalue weighted by Crippen LogP contribution is 2.18. The van der Waals surface area contributed by atoms with Gasteiger partial charge < -0.3 is 0 Å². The van der Waals surface area contributed by atoms with E-state index in [0.29, 0.717) is 18.3 Å². The maximum absolute atomic E-state index is 13.1. The minimum absolute atomic E-state index is 0.245. The van der Waals surface area contributed by atoms with E-state index in [0.717, 1.165) is 0 Å². The number of ketones is 1. The van der Waals surface area contributed by atoms with Crippen molar-refractivity contribution in [3.05, 3.63) is 66.3 Å². The smallest absolute Gasteiger partial charge is 0.193 e. The number of carbonyl (C=O) groups is 1. The molecule has 0 unspecified atom stereocenters. The van der Waals surface area contributed by atoms with Gasteiger partial charge in [0.15, 0.2) is 5.78 Å². The Morgan fingerprint density at radius 2 is 1.22 bits per heavy atom. The summed E-state index contributed by atoms with van der Waals surface area (Å²) in [5, 5.41) is 0. The molecule has 0 spiro atoms. The lowest BCUT2D eigenvalue weighted by molar-refractivity contribution is 0.103. The van der Waals surface area contributed by atoms with Crippen molar-refractivity contribution in [1.29, 1.82) is 0 Å². The van der Waals surface area contributed by atoms with Crippen molar-refractivity contribution in [3.8, 4) is 0 Å². The highest BCUT2D eigenvalue weighted by atomic mass is 127. The van der Waals surface area contributed by atoms with Crippen LogP contribution in [-0.4, -0.2) is 5.78 Å². The molecule has 1 nitrogen and oxygen atoms in total. The zero-order chi connectivity index (χ0) is 13.3. The zero-order valence-electron chi connectivity index (χ0n) is 8.88. The Balaban J connectivity index is 2.41. The first-order valence-electron chi connectivity index (χ1n) is 4.94. The van der Waals surface area contributed by atoms with E-state index in [-0.39, 0.29) is 17.4 Å². The Morgan fingerprint density at radius 3 is 1.56 bits per heavy atom. The lowest BCUT2D eigenvalue weighted by atomic mass is 10.0. The first kappa shape index (κ1) is 13.9. The molecule has 0 N–H and O–H groups in total. The van der Waals surface area contributed by atoms with E-state index in [2.05, 4.69) is 0 Å². The summed E-state index contributed by atoms with van der Waals surface area (Å²) in [4.78, 5) is 12.1. The van der Waals surface area contributed by atoms with Crippen LogP contribution in [-0.2, 0) is 0 Å². The highest BCUT2D eigenvalue weighted by Gasteiger charge is 2.12. The fourth-order valence-corrected chi connectivity index (χ4v) is 2.47. The van der Waals surface area contributed by atoms with Gasteiger partial charge in [0.25, 0.3) is 0 Å². The van der Waals surface area contributed by atoms with Crippen LogP contribution in [0.4, 0.5) is 8.78 Å². The van der Waals surface area contributed by atoms with Crippen LogP contribution in [0.3, 0.4) is 0 Å². The molecule has 0 aliphatic rings. The maximum atomic E-state index is 13.1. The van der Waals surface area contributed by atoms with E-state index in [4.69, 9.17) is 0 Å². The molecule has 2 aromatic rings. The Morgan fingerprint density at radius 1 is 0.833 bits per heavy atom. The third-order valence-corrected chi connectivity index (χ3v) is 4.02. The van der Waals surface area contributed by atoms with Crippen molar-refractivity contribution >= 4 is 51.0 Å². The SMILES string of the molecule is O=C(c1ccc(F)c(I)c1)c1ccc(F)c(I)c1. The van der Waals surface area contributed by atoms with Crippen LogP contribution in [0.25, 0.3) is 0 Å². The van der Waals surface area contributed by atoms with Gasteiger partial charge in [0, 0.05) is 18.3 Å². The average Bonchev–Trinajstić information content (AvgIpc) is 2.35. The van der Waals surface area contributed by atoms with Gasteiger partial charge in [0.05, 0.1) is 0 Å². The van der Waals surface area contributed by atoms with Crippen LogP contribution < -0.4 is 0 Å². The molecule has 2 aromatic carbocycles. The molecular formula is C13H6F2I2O. The summed E-state index contributed by atoms with van der Waals surface area (Å²) in [6, 6.07) is 8.32. The van der Waals surface area contributed by atoms with Crippen molar-refractivity contribution in [1.82, 2.24) is 0 Å². The molecule has 0 atom stereocenters. The molecule has 0 aliphatic carbocycles. The first-order chi connectivity index (χ1) is 8.49. The van der Waals surface area contributed by atoms with E-state index >= 15 is 0 Å². The van der Waals surface area contributed by atoms with Crippen molar-refractivity contribution in [2.24, 2.45) is 0 Å². The highest BCUT2D eigenvalue weighted by molar-refractivity contribution is 14.1. The largest absolute Gasteiger partial charge is 0.289 e. The predicted octanol–water partition coefficient (Wildman–Crippen LogP) is 4.41. The summed E-state index contributed by atoms with van der Waals surface area (Å²) in [6.07, 6.45) is 0. The molecule has 0 saturated heterocycles. The number of benzene rings is 2. The van der Waals surface area contributed by atoms with Gasteiger partial charge in [-0.2, -0.15) is 0 Å². The summed E-state index contributed by atoms with van der Waals surface area (Å²) in [5.74, 6) is -0.965. The zero-order valence-corrected chi connectivity index (χ0v) is 13.2. The van der Waals surface area contributed by atoms with E-state index in [1.54, 1.807) is 0 Å². The molecule has 5 heteroatoms. The van der Waals surface area contributed by atoms with Gasteiger partial charge >= 0.3 is 0 Å². The predicted molar refractivity (Wildman–Crippen MR) is 81.7 cm³/mol. The monoisotopic (exact) mass is 470 g/mol. The fourth-order valence-electron chi connectivity index (χ4n) is 1.44. The molecule has 92 valence electrons. The van der Waals surface area contributed by atoms with E-state index in [1.165, 1.54) is 36.4 Å². The van der Waals surface area contributed by atoms with E-state index in [1.807, 2.05) is 45.2 Å². The van der Waals surface area contributed by atoms with Gasteiger partial charge in [-0.25, -0.2) is 8.78 Å². The van der Waals surface area contributed by atoms with Crippen molar-refractivity contribution in [2.75, 3.05) is 0 Å². The molecule has 0 heterocycles. The summed E-state index contributed by atoms with van der Waals surface area (Å²) in [7, 11) is 0. The average molecular weight is 470 g/mol. The molecule has 0 amide bonds. The lowest BCUT2D eigenvalue weighted by Gasteiger charge is -2.04. The minimum atomic E-state index is -0.360.